The van der Waals surface area contributed by atoms with Gasteiger partial charge in [-0.2, -0.15) is 0 Å². The zero-order valence-corrected chi connectivity index (χ0v) is 11.6. The second-order valence-electron chi connectivity index (χ2n) is 3.74. The van der Waals surface area contributed by atoms with Crippen LogP contribution >= 0.6 is 11.8 Å². The molecule has 0 unspecified atom stereocenters. The maximum atomic E-state index is 11.8. The largest absolute Gasteiger partial charge is 0.452 e. The SMILES string of the molecule is CNC(=O)COC(=O)c1ccccc1SCC(C)=O. The predicted molar refractivity (Wildman–Crippen MR) is 72.2 cm³/mol. The number of thioether (sulfide) groups is 1. The highest BCUT2D eigenvalue weighted by Crippen LogP contribution is 2.23. The summed E-state index contributed by atoms with van der Waals surface area (Å²) in [4.78, 5) is 34.5. The molecule has 0 heterocycles. The highest BCUT2D eigenvalue weighted by molar-refractivity contribution is 8.00. The number of esters is 1. The first-order valence-corrected chi connectivity index (χ1v) is 6.62. The van der Waals surface area contributed by atoms with Crippen molar-refractivity contribution in [3.8, 4) is 0 Å². The Morgan fingerprint density at radius 2 is 1.95 bits per heavy atom. The quantitative estimate of drug-likeness (QED) is 0.628. The van der Waals surface area contributed by atoms with Crippen molar-refractivity contribution in [3.05, 3.63) is 29.8 Å². The average molecular weight is 281 g/mol. The van der Waals surface area contributed by atoms with Crippen LogP contribution in [0.3, 0.4) is 0 Å². The summed E-state index contributed by atoms with van der Waals surface area (Å²) in [5.41, 5.74) is 0.359. The monoisotopic (exact) mass is 281 g/mol. The summed E-state index contributed by atoms with van der Waals surface area (Å²) in [6, 6.07) is 6.82. The summed E-state index contributed by atoms with van der Waals surface area (Å²) in [5.74, 6) is -0.629. The Labute approximate surface area is 115 Å². The van der Waals surface area contributed by atoms with Gasteiger partial charge in [0, 0.05) is 11.9 Å². The van der Waals surface area contributed by atoms with Crippen LogP contribution < -0.4 is 5.32 Å². The molecule has 1 amide bonds. The van der Waals surface area contributed by atoms with E-state index in [1.807, 2.05) is 0 Å². The van der Waals surface area contributed by atoms with Crippen molar-refractivity contribution in [2.75, 3.05) is 19.4 Å². The molecule has 0 spiro atoms. The Morgan fingerprint density at radius 3 is 2.58 bits per heavy atom. The van der Waals surface area contributed by atoms with Crippen molar-refractivity contribution < 1.29 is 19.1 Å². The molecule has 0 aliphatic heterocycles. The highest BCUT2D eigenvalue weighted by atomic mass is 32.2. The molecule has 1 N–H and O–H groups in total. The molecular weight excluding hydrogens is 266 g/mol. The fourth-order valence-electron chi connectivity index (χ4n) is 1.22. The average Bonchev–Trinajstić information content (AvgIpc) is 2.42. The lowest BCUT2D eigenvalue weighted by Gasteiger charge is -2.08. The van der Waals surface area contributed by atoms with Crippen LogP contribution in [0.1, 0.15) is 17.3 Å². The lowest BCUT2D eigenvalue weighted by molar-refractivity contribution is -0.123. The summed E-state index contributed by atoms with van der Waals surface area (Å²) in [6.07, 6.45) is 0. The number of benzene rings is 1. The Bertz CT molecular complexity index is 487. The molecule has 0 fully saturated rings. The van der Waals surface area contributed by atoms with E-state index in [0.717, 1.165) is 0 Å². The van der Waals surface area contributed by atoms with Gasteiger partial charge in [0.25, 0.3) is 5.91 Å². The minimum absolute atomic E-state index is 0.0264. The summed E-state index contributed by atoms with van der Waals surface area (Å²) in [5, 5.41) is 2.36. The molecule has 0 aliphatic rings. The van der Waals surface area contributed by atoms with E-state index in [9.17, 15) is 14.4 Å². The number of hydrogen-bond donors (Lipinski definition) is 1. The normalized spacial score (nSPS) is 9.79. The molecule has 0 aromatic heterocycles. The number of likely N-dealkylation sites (N-methyl/N-ethyl adjacent to an activating group) is 1. The van der Waals surface area contributed by atoms with E-state index >= 15 is 0 Å². The first-order valence-electron chi connectivity index (χ1n) is 5.63. The number of amides is 1. The van der Waals surface area contributed by atoms with Crippen LogP contribution in [-0.2, 0) is 14.3 Å². The van der Waals surface area contributed by atoms with Gasteiger partial charge in [-0.1, -0.05) is 12.1 Å². The van der Waals surface area contributed by atoms with Gasteiger partial charge in [0.2, 0.25) is 0 Å². The second kappa shape index (κ2) is 7.58. The molecule has 0 atom stereocenters. The second-order valence-corrected chi connectivity index (χ2v) is 4.75. The fraction of sp³-hybridized carbons (Fsp3) is 0.308. The summed E-state index contributed by atoms with van der Waals surface area (Å²) < 4.78 is 4.88. The van der Waals surface area contributed by atoms with Gasteiger partial charge in [0.15, 0.2) is 6.61 Å². The van der Waals surface area contributed by atoms with Gasteiger partial charge >= 0.3 is 5.97 Å². The van der Waals surface area contributed by atoms with Crippen molar-refractivity contribution >= 4 is 29.4 Å². The van der Waals surface area contributed by atoms with Crippen molar-refractivity contribution in [2.24, 2.45) is 0 Å². The van der Waals surface area contributed by atoms with E-state index in [4.69, 9.17) is 4.74 Å². The third-order valence-corrected chi connectivity index (χ3v) is 3.37. The minimum Gasteiger partial charge on any atom is -0.452 e. The Hall–Kier alpha value is -1.82. The molecule has 0 bridgehead atoms. The van der Waals surface area contributed by atoms with Crippen molar-refractivity contribution in [1.82, 2.24) is 5.32 Å². The summed E-state index contributed by atoms with van der Waals surface area (Å²) in [6.45, 7) is 1.17. The van der Waals surface area contributed by atoms with Crippen molar-refractivity contribution in [2.45, 2.75) is 11.8 Å². The van der Waals surface area contributed by atoms with E-state index < -0.39 is 5.97 Å². The van der Waals surface area contributed by atoms with Gasteiger partial charge in [0.05, 0.1) is 11.3 Å². The Kier molecular flexibility index (Phi) is 6.08. The van der Waals surface area contributed by atoms with Gasteiger partial charge in [0.1, 0.15) is 5.78 Å². The van der Waals surface area contributed by atoms with Crippen LogP contribution in [0.5, 0.6) is 0 Å². The summed E-state index contributed by atoms with van der Waals surface area (Å²) >= 11 is 1.27. The van der Waals surface area contributed by atoms with E-state index in [1.54, 1.807) is 24.3 Å². The maximum absolute atomic E-state index is 11.8. The molecular formula is C13H15NO4S. The lowest BCUT2D eigenvalue weighted by atomic mass is 10.2. The molecule has 19 heavy (non-hydrogen) atoms. The smallest absolute Gasteiger partial charge is 0.339 e. The zero-order chi connectivity index (χ0) is 14.3. The number of ether oxygens (including phenoxy) is 1. The fourth-order valence-corrected chi connectivity index (χ4v) is 2.06. The number of ketones is 1. The molecule has 6 heteroatoms. The number of carbonyl (C=O) groups is 3. The maximum Gasteiger partial charge on any atom is 0.339 e. The van der Waals surface area contributed by atoms with E-state index in [2.05, 4.69) is 5.32 Å². The van der Waals surface area contributed by atoms with Crippen LogP contribution in [0.15, 0.2) is 29.2 Å². The minimum atomic E-state index is -0.574. The molecule has 0 saturated heterocycles. The number of hydrogen-bond acceptors (Lipinski definition) is 5. The molecule has 0 aliphatic carbocycles. The predicted octanol–water partition coefficient (Wildman–Crippen LogP) is 1.27. The van der Waals surface area contributed by atoms with Crippen LogP contribution in [0.2, 0.25) is 0 Å². The van der Waals surface area contributed by atoms with E-state index in [0.29, 0.717) is 16.2 Å². The molecule has 0 radical (unpaired) electrons. The molecule has 1 rings (SSSR count). The van der Waals surface area contributed by atoms with Crippen LogP contribution in [0.25, 0.3) is 0 Å². The van der Waals surface area contributed by atoms with Crippen LogP contribution in [-0.4, -0.2) is 37.1 Å². The Morgan fingerprint density at radius 1 is 1.26 bits per heavy atom. The topological polar surface area (TPSA) is 72.5 Å². The van der Waals surface area contributed by atoms with E-state index in [1.165, 1.54) is 25.7 Å². The third-order valence-electron chi connectivity index (χ3n) is 2.15. The first-order chi connectivity index (χ1) is 9.04. The number of Topliss-reactive ketones (excluding diaryl/α,β-unsaturated/α-hetero) is 1. The van der Waals surface area contributed by atoms with Gasteiger partial charge in [-0.05, 0) is 19.1 Å². The standard InChI is InChI=1S/C13H15NO4S/c1-9(15)8-19-11-6-4-3-5-10(11)13(17)18-7-12(16)14-2/h3-6H,7-8H2,1-2H3,(H,14,16). The molecule has 102 valence electrons. The van der Waals surface area contributed by atoms with E-state index in [-0.39, 0.29) is 18.3 Å². The van der Waals surface area contributed by atoms with Crippen molar-refractivity contribution in [1.29, 1.82) is 0 Å². The molecule has 5 nitrogen and oxygen atoms in total. The molecule has 1 aromatic carbocycles. The van der Waals surface area contributed by atoms with Gasteiger partial charge < -0.3 is 10.1 Å². The Balaban J connectivity index is 2.73. The van der Waals surface area contributed by atoms with Gasteiger partial charge in [-0.25, -0.2) is 4.79 Å². The van der Waals surface area contributed by atoms with Crippen LogP contribution in [0, 0.1) is 0 Å². The number of rotatable bonds is 6. The third kappa shape index (κ3) is 5.13. The first kappa shape index (κ1) is 15.2. The van der Waals surface area contributed by atoms with Gasteiger partial charge in [-0.3, -0.25) is 9.59 Å². The highest BCUT2D eigenvalue weighted by Gasteiger charge is 2.14. The molecule has 1 aromatic rings. The van der Waals surface area contributed by atoms with Crippen LogP contribution in [0.4, 0.5) is 0 Å². The number of nitrogens with one attached hydrogen (secondary N) is 1. The lowest BCUT2D eigenvalue weighted by Crippen LogP contribution is -2.25. The number of carbonyl (C=O) groups excluding carboxylic acids is 3. The van der Waals surface area contributed by atoms with Gasteiger partial charge in [-0.15, -0.1) is 11.8 Å². The zero-order valence-electron chi connectivity index (χ0n) is 10.8. The van der Waals surface area contributed by atoms with Crippen molar-refractivity contribution in [3.63, 3.8) is 0 Å². The molecule has 0 saturated carbocycles. The summed E-state index contributed by atoms with van der Waals surface area (Å²) in [7, 11) is 1.47.